The Morgan fingerprint density at radius 3 is 2.77 bits per heavy atom. The number of alkyl halides is 1. The van der Waals surface area contributed by atoms with Crippen LogP contribution in [0.25, 0.3) is 0 Å². The van der Waals surface area contributed by atoms with Gasteiger partial charge in [0.05, 0.1) is 0 Å². The Labute approximate surface area is 78.0 Å². The highest BCUT2D eigenvalue weighted by Gasteiger charge is 2.18. The van der Waals surface area contributed by atoms with Gasteiger partial charge < -0.3 is 5.73 Å². The predicted octanol–water partition coefficient (Wildman–Crippen LogP) is 1.79. The van der Waals surface area contributed by atoms with Gasteiger partial charge in [-0.05, 0) is 38.1 Å². The van der Waals surface area contributed by atoms with Crippen molar-refractivity contribution in [3.8, 4) is 0 Å². The van der Waals surface area contributed by atoms with Crippen LogP contribution in [-0.2, 0) is 12.1 Å². The second kappa shape index (κ2) is 3.83. The van der Waals surface area contributed by atoms with Crippen LogP contribution in [0.15, 0.2) is 18.3 Å². The van der Waals surface area contributed by atoms with Crippen molar-refractivity contribution in [3.63, 3.8) is 0 Å². The van der Waals surface area contributed by atoms with Crippen LogP contribution in [0.1, 0.15) is 25.1 Å². The zero-order valence-corrected chi connectivity index (χ0v) is 8.05. The fourth-order valence-electron chi connectivity index (χ4n) is 1.13. The molecule has 0 aromatic carbocycles. The average molecular weight is 182 g/mol. The van der Waals surface area contributed by atoms with Crippen molar-refractivity contribution in [3.05, 3.63) is 29.6 Å². The van der Waals surface area contributed by atoms with E-state index < -0.39 is 5.67 Å². The van der Waals surface area contributed by atoms with Gasteiger partial charge in [-0.25, -0.2) is 4.39 Å². The summed E-state index contributed by atoms with van der Waals surface area (Å²) in [7, 11) is 0. The van der Waals surface area contributed by atoms with E-state index >= 15 is 0 Å². The number of hydrogen-bond acceptors (Lipinski definition) is 2. The van der Waals surface area contributed by atoms with Crippen LogP contribution in [0.4, 0.5) is 4.39 Å². The number of nitrogens with zero attached hydrogens (tertiary/aromatic N) is 1. The average Bonchev–Trinajstić information content (AvgIpc) is 2.04. The van der Waals surface area contributed by atoms with Crippen LogP contribution in [0.2, 0.25) is 0 Å². The summed E-state index contributed by atoms with van der Waals surface area (Å²) in [5.41, 5.74) is 5.60. The number of halogens is 1. The van der Waals surface area contributed by atoms with Gasteiger partial charge in [0.15, 0.2) is 0 Å². The first-order valence-electron chi connectivity index (χ1n) is 4.38. The molecule has 1 aromatic heterocycles. The Bertz CT molecular complexity index is 278. The summed E-state index contributed by atoms with van der Waals surface area (Å²) in [6, 6.07) is 3.47. The van der Waals surface area contributed by atoms with Gasteiger partial charge in [-0.1, -0.05) is 0 Å². The Kier molecular flexibility index (Phi) is 2.98. The molecule has 1 heterocycles. The van der Waals surface area contributed by atoms with Crippen molar-refractivity contribution < 1.29 is 4.39 Å². The molecular formula is C10H15FN2. The second-order valence-corrected chi connectivity index (χ2v) is 3.55. The highest BCUT2D eigenvalue weighted by atomic mass is 19.1. The third-order valence-corrected chi connectivity index (χ3v) is 1.90. The summed E-state index contributed by atoms with van der Waals surface area (Å²) in [5, 5.41) is 0. The SMILES string of the molecule is CC(C)(F)c1ccnc(CCN)c1. The topological polar surface area (TPSA) is 38.9 Å². The number of pyridine rings is 1. The largest absolute Gasteiger partial charge is 0.330 e. The number of nitrogens with two attached hydrogens (primary N) is 1. The van der Waals surface area contributed by atoms with Gasteiger partial charge >= 0.3 is 0 Å². The van der Waals surface area contributed by atoms with E-state index in [0.717, 1.165) is 5.69 Å². The predicted molar refractivity (Wildman–Crippen MR) is 51.1 cm³/mol. The molecule has 2 nitrogen and oxygen atoms in total. The van der Waals surface area contributed by atoms with Crippen molar-refractivity contribution in [2.75, 3.05) is 6.54 Å². The lowest BCUT2D eigenvalue weighted by Crippen LogP contribution is -2.11. The third kappa shape index (κ3) is 2.77. The van der Waals surface area contributed by atoms with E-state index in [1.54, 1.807) is 18.3 Å². The number of hydrogen-bond donors (Lipinski definition) is 1. The van der Waals surface area contributed by atoms with Gasteiger partial charge in [-0.3, -0.25) is 4.98 Å². The maximum absolute atomic E-state index is 13.5. The van der Waals surface area contributed by atoms with E-state index in [0.29, 0.717) is 18.5 Å². The maximum atomic E-state index is 13.5. The van der Waals surface area contributed by atoms with E-state index in [1.165, 1.54) is 13.8 Å². The third-order valence-electron chi connectivity index (χ3n) is 1.90. The zero-order valence-electron chi connectivity index (χ0n) is 8.05. The molecule has 0 aliphatic heterocycles. The molecular weight excluding hydrogens is 167 g/mol. The Hall–Kier alpha value is -0.960. The fourth-order valence-corrected chi connectivity index (χ4v) is 1.13. The normalized spacial score (nSPS) is 11.7. The summed E-state index contributed by atoms with van der Waals surface area (Å²) >= 11 is 0. The molecule has 0 aliphatic carbocycles. The van der Waals surface area contributed by atoms with Crippen molar-refractivity contribution in [2.45, 2.75) is 25.9 Å². The molecule has 0 atom stereocenters. The van der Waals surface area contributed by atoms with E-state index in [4.69, 9.17) is 5.73 Å². The summed E-state index contributed by atoms with van der Waals surface area (Å²) in [6.45, 7) is 3.62. The quantitative estimate of drug-likeness (QED) is 0.774. The van der Waals surface area contributed by atoms with Crippen LogP contribution in [0, 0.1) is 0 Å². The van der Waals surface area contributed by atoms with Gasteiger partial charge in [0.25, 0.3) is 0 Å². The van der Waals surface area contributed by atoms with Crippen molar-refractivity contribution in [2.24, 2.45) is 5.73 Å². The molecule has 0 spiro atoms. The summed E-state index contributed by atoms with van der Waals surface area (Å²) in [6.07, 6.45) is 2.32. The molecule has 0 bridgehead atoms. The molecule has 0 unspecified atom stereocenters. The van der Waals surface area contributed by atoms with E-state index in [2.05, 4.69) is 4.98 Å². The lowest BCUT2D eigenvalue weighted by Gasteiger charge is -2.14. The molecule has 0 fully saturated rings. The Balaban J connectivity index is 2.92. The number of rotatable bonds is 3. The van der Waals surface area contributed by atoms with Gasteiger partial charge in [0, 0.05) is 18.3 Å². The lowest BCUT2D eigenvalue weighted by molar-refractivity contribution is 0.221. The molecule has 1 aromatic rings. The molecule has 0 saturated carbocycles. The minimum absolute atomic E-state index is 0.545. The maximum Gasteiger partial charge on any atom is 0.130 e. The molecule has 0 saturated heterocycles. The van der Waals surface area contributed by atoms with Crippen LogP contribution in [-0.4, -0.2) is 11.5 Å². The lowest BCUT2D eigenvalue weighted by atomic mass is 10.0. The van der Waals surface area contributed by atoms with Gasteiger partial charge in [0.1, 0.15) is 5.67 Å². The van der Waals surface area contributed by atoms with E-state index in [-0.39, 0.29) is 0 Å². The number of aromatic nitrogens is 1. The molecule has 13 heavy (non-hydrogen) atoms. The minimum Gasteiger partial charge on any atom is -0.330 e. The van der Waals surface area contributed by atoms with Gasteiger partial charge in [-0.2, -0.15) is 0 Å². The monoisotopic (exact) mass is 182 g/mol. The van der Waals surface area contributed by atoms with Crippen molar-refractivity contribution in [1.82, 2.24) is 4.98 Å². The highest BCUT2D eigenvalue weighted by molar-refractivity contribution is 5.22. The molecule has 1 rings (SSSR count). The first-order valence-corrected chi connectivity index (χ1v) is 4.38. The first kappa shape index (κ1) is 10.1. The van der Waals surface area contributed by atoms with Crippen LogP contribution in [0.5, 0.6) is 0 Å². The summed E-state index contributed by atoms with van der Waals surface area (Å²) in [4.78, 5) is 4.10. The smallest absolute Gasteiger partial charge is 0.130 e. The molecule has 2 N–H and O–H groups in total. The van der Waals surface area contributed by atoms with Crippen molar-refractivity contribution >= 4 is 0 Å². The van der Waals surface area contributed by atoms with E-state index in [1.807, 2.05) is 0 Å². The van der Waals surface area contributed by atoms with Gasteiger partial charge in [0.2, 0.25) is 0 Å². The van der Waals surface area contributed by atoms with Crippen LogP contribution in [0.3, 0.4) is 0 Å². The molecule has 3 heteroatoms. The van der Waals surface area contributed by atoms with Crippen LogP contribution >= 0.6 is 0 Å². The Morgan fingerprint density at radius 2 is 2.23 bits per heavy atom. The molecule has 0 aliphatic rings. The molecule has 0 radical (unpaired) electrons. The van der Waals surface area contributed by atoms with Gasteiger partial charge in [-0.15, -0.1) is 0 Å². The summed E-state index contributed by atoms with van der Waals surface area (Å²) < 4.78 is 13.5. The minimum atomic E-state index is -1.30. The van der Waals surface area contributed by atoms with Crippen molar-refractivity contribution in [1.29, 1.82) is 0 Å². The standard InChI is InChI=1S/C10H15FN2/c1-10(2,11)8-4-6-13-9(7-8)3-5-12/h4,6-7H,3,5,12H2,1-2H3. The Morgan fingerprint density at radius 1 is 1.54 bits per heavy atom. The summed E-state index contributed by atoms with van der Waals surface area (Å²) in [5.74, 6) is 0. The second-order valence-electron chi connectivity index (χ2n) is 3.55. The van der Waals surface area contributed by atoms with E-state index in [9.17, 15) is 4.39 Å². The molecule has 0 amide bonds. The molecule has 72 valence electrons. The first-order chi connectivity index (χ1) is 6.04. The zero-order chi connectivity index (χ0) is 9.90. The van der Waals surface area contributed by atoms with Crippen LogP contribution < -0.4 is 5.73 Å². The highest BCUT2D eigenvalue weighted by Crippen LogP contribution is 2.24. The fraction of sp³-hybridized carbons (Fsp3) is 0.500.